The smallest absolute Gasteiger partial charge is 0.282 e. The predicted molar refractivity (Wildman–Crippen MR) is 106 cm³/mol. The number of hydrogen-bond donors (Lipinski definition) is 1. The number of hydrogen-bond acceptors (Lipinski definition) is 8. The second-order valence-electron chi connectivity index (χ2n) is 5.82. The fraction of sp³-hybridized carbons (Fsp3) is 0.0526. The summed E-state index contributed by atoms with van der Waals surface area (Å²) in [5.74, 6) is 0.149. The van der Waals surface area contributed by atoms with E-state index in [1.54, 1.807) is 12.1 Å². The fourth-order valence-corrected chi connectivity index (χ4v) is 2.60. The van der Waals surface area contributed by atoms with Crippen LogP contribution in [0.5, 0.6) is 5.75 Å². The Hall–Kier alpha value is -4.54. The van der Waals surface area contributed by atoms with Gasteiger partial charge in [-0.25, -0.2) is 5.43 Å². The molecule has 0 bridgehead atoms. The van der Waals surface area contributed by atoms with Crippen LogP contribution in [-0.2, 0) is 0 Å². The van der Waals surface area contributed by atoms with Crippen LogP contribution in [0, 0.1) is 20.2 Å². The molecule has 0 unspecified atom stereocenters. The van der Waals surface area contributed by atoms with Crippen LogP contribution in [0.3, 0.4) is 0 Å². The van der Waals surface area contributed by atoms with Crippen molar-refractivity contribution in [1.82, 2.24) is 5.43 Å². The molecule has 1 aromatic heterocycles. The number of nitro groups is 2. The average Bonchev–Trinajstić information content (AvgIpc) is 3.21. The Morgan fingerprint density at radius 2 is 1.87 bits per heavy atom. The highest BCUT2D eigenvalue weighted by molar-refractivity contribution is 5.98. The van der Waals surface area contributed by atoms with Crippen molar-refractivity contribution in [1.29, 1.82) is 0 Å². The van der Waals surface area contributed by atoms with Gasteiger partial charge in [-0.1, -0.05) is 12.1 Å². The maximum Gasteiger partial charge on any atom is 0.282 e. The molecule has 0 aliphatic heterocycles. The van der Waals surface area contributed by atoms with Gasteiger partial charge in [0, 0.05) is 12.1 Å². The summed E-state index contributed by atoms with van der Waals surface area (Å²) < 4.78 is 10.8. The summed E-state index contributed by atoms with van der Waals surface area (Å²) >= 11 is 0. The van der Waals surface area contributed by atoms with Gasteiger partial charge in [0.1, 0.15) is 22.8 Å². The summed E-state index contributed by atoms with van der Waals surface area (Å²) in [5.41, 5.74) is 2.10. The third-order valence-corrected chi connectivity index (χ3v) is 3.99. The summed E-state index contributed by atoms with van der Waals surface area (Å²) in [7, 11) is 1.38. The molecule has 1 N–H and O–H groups in total. The monoisotopic (exact) mass is 410 g/mol. The highest BCUT2D eigenvalue weighted by atomic mass is 16.6. The Morgan fingerprint density at radius 3 is 2.57 bits per heavy atom. The van der Waals surface area contributed by atoms with Gasteiger partial charge >= 0.3 is 0 Å². The largest absolute Gasteiger partial charge is 0.496 e. The van der Waals surface area contributed by atoms with E-state index in [0.717, 1.165) is 0 Å². The van der Waals surface area contributed by atoms with Gasteiger partial charge in [-0.15, -0.1) is 0 Å². The number of benzene rings is 2. The molecule has 0 aliphatic carbocycles. The molecule has 0 atom stereocenters. The summed E-state index contributed by atoms with van der Waals surface area (Å²) in [6, 6.07) is 12.7. The van der Waals surface area contributed by atoms with Crippen molar-refractivity contribution in [2.24, 2.45) is 5.10 Å². The van der Waals surface area contributed by atoms with Gasteiger partial charge < -0.3 is 9.15 Å². The van der Waals surface area contributed by atoms with Crippen LogP contribution in [0.1, 0.15) is 16.1 Å². The number of carbonyl (C=O) groups excluding carboxylic acids is 1. The number of nitrogens with one attached hydrogen (secondary N) is 1. The number of carbonyl (C=O) groups is 1. The normalized spacial score (nSPS) is 10.7. The van der Waals surface area contributed by atoms with E-state index < -0.39 is 15.8 Å². The second-order valence-corrected chi connectivity index (χ2v) is 5.82. The van der Waals surface area contributed by atoms with E-state index >= 15 is 0 Å². The van der Waals surface area contributed by atoms with E-state index in [2.05, 4.69) is 10.5 Å². The first kappa shape index (κ1) is 20.2. The van der Waals surface area contributed by atoms with Crippen LogP contribution in [0.2, 0.25) is 0 Å². The molecule has 0 saturated carbocycles. The lowest BCUT2D eigenvalue weighted by Crippen LogP contribution is -2.18. The molecule has 2 aromatic carbocycles. The molecule has 11 heteroatoms. The van der Waals surface area contributed by atoms with Gasteiger partial charge in [0.15, 0.2) is 0 Å². The van der Waals surface area contributed by atoms with Crippen molar-refractivity contribution >= 4 is 23.5 Å². The van der Waals surface area contributed by atoms with Crippen molar-refractivity contribution in [3.8, 4) is 17.1 Å². The lowest BCUT2D eigenvalue weighted by molar-refractivity contribution is -0.385. The highest BCUT2D eigenvalue weighted by Crippen LogP contribution is 2.34. The number of furan rings is 1. The highest BCUT2D eigenvalue weighted by Gasteiger charge is 2.19. The van der Waals surface area contributed by atoms with Crippen LogP contribution < -0.4 is 10.2 Å². The van der Waals surface area contributed by atoms with Gasteiger partial charge in [0.25, 0.3) is 17.3 Å². The number of nitro benzene ring substituents is 2. The molecule has 3 aromatic rings. The fourth-order valence-electron chi connectivity index (χ4n) is 2.60. The summed E-state index contributed by atoms with van der Waals surface area (Å²) in [6.45, 7) is 0. The van der Waals surface area contributed by atoms with Crippen LogP contribution in [0.15, 0.2) is 64.1 Å². The Kier molecular flexibility index (Phi) is 5.82. The predicted octanol–water partition coefficient (Wildman–Crippen LogP) is 3.54. The minimum absolute atomic E-state index is 0.123. The molecule has 0 fully saturated rings. The summed E-state index contributed by atoms with van der Waals surface area (Å²) in [4.78, 5) is 32.8. The minimum atomic E-state index is -0.748. The Morgan fingerprint density at radius 1 is 1.10 bits per heavy atom. The average molecular weight is 410 g/mol. The lowest BCUT2D eigenvalue weighted by Gasteiger charge is -2.05. The van der Waals surface area contributed by atoms with Gasteiger partial charge in [-0.2, -0.15) is 5.10 Å². The van der Waals surface area contributed by atoms with E-state index in [1.165, 1.54) is 55.8 Å². The maximum absolute atomic E-state index is 12.1. The maximum atomic E-state index is 12.1. The minimum Gasteiger partial charge on any atom is -0.496 e. The molecule has 11 nitrogen and oxygen atoms in total. The van der Waals surface area contributed by atoms with E-state index in [1.807, 2.05) is 0 Å². The number of non-ortho nitro benzene ring substituents is 1. The van der Waals surface area contributed by atoms with E-state index in [4.69, 9.17) is 9.15 Å². The molecule has 0 radical (unpaired) electrons. The standard InChI is InChI=1S/C19H14N4O7/c1-29-18-10-12(22(25)26)6-8-15(18)17-9-7-13(30-17)11-20-21-19(24)14-4-2-3-5-16(14)23(27)28/h2-11H,1H3,(H,21,24)/b20-11-. The molecule has 152 valence electrons. The first-order chi connectivity index (χ1) is 14.4. The second kappa shape index (κ2) is 8.65. The first-order valence-electron chi connectivity index (χ1n) is 8.40. The zero-order chi connectivity index (χ0) is 21.7. The van der Waals surface area contributed by atoms with Crippen LogP contribution in [0.4, 0.5) is 11.4 Å². The third kappa shape index (κ3) is 4.30. The molecule has 1 heterocycles. The van der Waals surface area contributed by atoms with Gasteiger partial charge in [-0.05, 0) is 24.3 Å². The van der Waals surface area contributed by atoms with Crippen molar-refractivity contribution in [2.75, 3.05) is 7.11 Å². The number of methoxy groups -OCH3 is 1. The van der Waals surface area contributed by atoms with Crippen LogP contribution in [0.25, 0.3) is 11.3 Å². The summed E-state index contributed by atoms with van der Waals surface area (Å²) in [5, 5.41) is 25.6. The van der Waals surface area contributed by atoms with Crippen molar-refractivity contribution in [3.63, 3.8) is 0 Å². The van der Waals surface area contributed by atoms with Crippen LogP contribution >= 0.6 is 0 Å². The molecule has 0 spiro atoms. The van der Waals surface area contributed by atoms with E-state index in [9.17, 15) is 25.0 Å². The molecule has 0 aliphatic rings. The van der Waals surface area contributed by atoms with E-state index in [0.29, 0.717) is 11.3 Å². The molecule has 30 heavy (non-hydrogen) atoms. The number of ether oxygens (including phenoxy) is 1. The Bertz CT molecular complexity index is 1150. The molecular formula is C19H14N4O7. The number of amides is 1. The molecule has 1 amide bonds. The number of para-hydroxylation sites is 1. The zero-order valence-corrected chi connectivity index (χ0v) is 15.5. The number of rotatable bonds is 7. The molecule has 0 saturated heterocycles. The van der Waals surface area contributed by atoms with Crippen molar-refractivity contribution in [2.45, 2.75) is 0 Å². The lowest BCUT2D eigenvalue weighted by atomic mass is 10.1. The first-order valence-corrected chi connectivity index (χ1v) is 8.40. The molecular weight excluding hydrogens is 396 g/mol. The van der Waals surface area contributed by atoms with Gasteiger partial charge in [0.2, 0.25) is 0 Å². The SMILES string of the molecule is COc1cc([N+](=O)[O-])ccc1-c1ccc(/C=N\NC(=O)c2ccccc2[N+](=O)[O-])o1. The van der Waals surface area contributed by atoms with Crippen molar-refractivity contribution < 1.29 is 23.8 Å². The quantitative estimate of drug-likeness (QED) is 0.355. The number of hydrazone groups is 1. The topological polar surface area (TPSA) is 150 Å². The molecule has 3 rings (SSSR count). The Labute approximate surface area is 168 Å². The third-order valence-electron chi connectivity index (χ3n) is 3.99. The van der Waals surface area contributed by atoms with E-state index in [-0.39, 0.29) is 28.4 Å². The Balaban J connectivity index is 1.75. The zero-order valence-electron chi connectivity index (χ0n) is 15.5. The van der Waals surface area contributed by atoms with Gasteiger partial charge in [-0.3, -0.25) is 25.0 Å². The van der Waals surface area contributed by atoms with Gasteiger partial charge in [0.05, 0.1) is 34.8 Å². The number of nitrogens with zero attached hydrogens (tertiary/aromatic N) is 3. The summed E-state index contributed by atoms with van der Waals surface area (Å²) in [6.07, 6.45) is 1.22. The van der Waals surface area contributed by atoms with Crippen LogP contribution in [-0.4, -0.2) is 29.1 Å². The van der Waals surface area contributed by atoms with Crippen molar-refractivity contribution in [3.05, 3.63) is 86.1 Å².